The van der Waals surface area contributed by atoms with Gasteiger partial charge < -0.3 is 19.8 Å². The zero-order valence-electron chi connectivity index (χ0n) is 12.9. The van der Waals surface area contributed by atoms with E-state index >= 15 is 0 Å². The monoisotopic (exact) mass is 289 g/mol. The van der Waals surface area contributed by atoms with E-state index in [0.717, 1.165) is 24.0 Å². The number of nitrogens with two attached hydrogens (primary N) is 1. The Hall–Kier alpha value is -1.59. The average Bonchev–Trinajstić information content (AvgIpc) is 2.90. The van der Waals surface area contributed by atoms with Crippen LogP contribution in [0.3, 0.4) is 0 Å². The van der Waals surface area contributed by atoms with Gasteiger partial charge in [-0.05, 0) is 38.3 Å². The fourth-order valence-electron chi connectivity index (χ4n) is 3.00. The molecule has 0 bridgehead atoms. The first kappa shape index (κ1) is 14.4. The van der Waals surface area contributed by atoms with Crippen molar-refractivity contribution in [3.05, 3.63) is 24.3 Å². The molecule has 2 heterocycles. The summed E-state index contributed by atoms with van der Waals surface area (Å²) >= 11 is 0. The molecule has 0 saturated carbocycles. The number of hydrogen-bond acceptors (Lipinski definition) is 4. The Balaban J connectivity index is 1.69. The van der Waals surface area contributed by atoms with E-state index in [0.29, 0.717) is 18.5 Å². The van der Waals surface area contributed by atoms with E-state index in [4.69, 9.17) is 15.2 Å². The summed E-state index contributed by atoms with van der Waals surface area (Å²) in [5, 5.41) is 0. The van der Waals surface area contributed by atoms with Gasteiger partial charge in [-0.2, -0.15) is 0 Å². The number of aromatic nitrogens is 2. The molecule has 5 heteroatoms. The molecule has 0 radical (unpaired) electrons. The summed E-state index contributed by atoms with van der Waals surface area (Å²) in [6, 6.07) is 8.04. The molecule has 1 saturated heterocycles. The van der Waals surface area contributed by atoms with E-state index in [2.05, 4.69) is 22.5 Å². The van der Waals surface area contributed by atoms with Crippen molar-refractivity contribution in [3.63, 3.8) is 0 Å². The highest BCUT2D eigenvalue weighted by Crippen LogP contribution is 2.27. The van der Waals surface area contributed by atoms with Crippen molar-refractivity contribution < 1.29 is 9.47 Å². The lowest BCUT2D eigenvalue weighted by atomic mass is 10.0. The number of imidazole rings is 1. The number of nitrogens with zero attached hydrogens (tertiary/aromatic N) is 2. The van der Waals surface area contributed by atoms with E-state index in [1.807, 2.05) is 32.0 Å². The molecule has 21 heavy (non-hydrogen) atoms. The average molecular weight is 289 g/mol. The lowest BCUT2D eigenvalue weighted by Gasteiger charge is -2.20. The number of benzene rings is 1. The van der Waals surface area contributed by atoms with Crippen LogP contribution in [-0.2, 0) is 16.0 Å². The second-order valence-corrected chi connectivity index (χ2v) is 6.36. The number of nitrogen functional groups attached to an aromatic ring is 1. The summed E-state index contributed by atoms with van der Waals surface area (Å²) in [6.07, 6.45) is 1.11. The molecule has 1 fully saturated rings. The molecule has 2 unspecified atom stereocenters. The van der Waals surface area contributed by atoms with Gasteiger partial charge in [-0.3, -0.25) is 0 Å². The second kappa shape index (κ2) is 5.31. The second-order valence-electron chi connectivity index (χ2n) is 6.36. The van der Waals surface area contributed by atoms with Crippen molar-refractivity contribution in [2.75, 3.05) is 12.3 Å². The molecule has 1 aromatic heterocycles. The maximum absolute atomic E-state index is 6.05. The van der Waals surface area contributed by atoms with Gasteiger partial charge in [-0.1, -0.05) is 19.1 Å². The molecule has 1 aliphatic heterocycles. The number of ether oxygens (including phenoxy) is 2. The number of para-hydroxylation sites is 2. The van der Waals surface area contributed by atoms with Gasteiger partial charge in [0, 0.05) is 6.54 Å². The number of rotatable bonds is 4. The molecule has 2 aromatic rings. The fourth-order valence-corrected chi connectivity index (χ4v) is 3.00. The summed E-state index contributed by atoms with van der Waals surface area (Å²) in [6.45, 7) is 7.63. The normalized spacial score (nSPS) is 22.7. The molecule has 114 valence electrons. The quantitative estimate of drug-likeness (QED) is 0.940. The van der Waals surface area contributed by atoms with Crippen molar-refractivity contribution >= 4 is 17.0 Å². The number of fused-ring (bicyclic) bond motifs is 1. The summed E-state index contributed by atoms with van der Waals surface area (Å²) in [5.74, 6) is 0.560. The van der Waals surface area contributed by atoms with E-state index < -0.39 is 5.79 Å². The van der Waals surface area contributed by atoms with Crippen molar-refractivity contribution in [1.82, 2.24) is 9.55 Å². The molecule has 3 rings (SSSR count). The maximum Gasteiger partial charge on any atom is 0.201 e. The summed E-state index contributed by atoms with van der Waals surface area (Å²) in [4.78, 5) is 4.41. The predicted molar refractivity (Wildman–Crippen MR) is 82.8 cm³/mol. The highest BCUT2D eigenvalue weighted by Gasteiger charge is 2.33. The van der Waals surface area contributed by atoms with Crippen LogP contribution in [0.15, 0.2) is 24.3 Å². The van der Waals surface area contributed by atoms with Crippen LogP contribution in [0, 0.1) is 5.92 Å². The topological polar surface area (TPSA) is 62.3 Å². The minimum absolute atomic E-state index is 0.158. The largest absolute Gasteiger partial charge is 0.369 e. The van der Waals surface area contributed by atoms with Gasteiger partial charge in [-0.15, -0.1) is 0 Å². The van der Waals surface area contributed by atoms with Gasteiger partial charge in [0.2, 0.25) is 5.95 Å². The van der Waals surface area contributed by atoms with Gasteiger partial charge in [-0.25, -0.2) is 4.98 Å². The van der Waals surface area contributed by atoms with Crippen LogP contribution in [0.5, 0.6) is 0 Å². The van der Waals surface area contributed by atoms with E-state index in [1.165, 1.54) is 0 Å². The van der Waals surface area contributed by atoms with E-state index in [1.54, 1.807) is 0 Å². The van der Waals surface area contributed by atoms with Crippen molar-refractivity contribution in [2.24, 2.45) is 5.92 Å². The maximum atomic E-state index is 6.05. The molecule has 0 amide bonds. The Morgan fingerprint density at radius 1 is 1.43 bits per heavy atom. The summed E-state index contributed by atoms with van der Waals surface area (Å²) in [5.41, 5.74) is 8.09. The Morgan fingerprint density at radius 2 is 2.19 bits per heavy atom. The van der Waals surface area contributed by atoms with Crippen molar-refractivity contribution in [3.8, 4) is 0 Å². The SMILES string of the molecule is CC(CC1COC(C)(C)O1)Cn1c(N)nc2ccccc21. The first-order chi connectivity index (χ1) is 9.94. The Labute approximate surface area is 125 Å². The molecule has 1 aliphatic rings. The third-order valence-electron chi connectivity index (χ3n) is 3.91. The van der Waals surface area contributed by atoms with Crippen molar-refractivity contribution in [2.45, 2.75) is 45.6 Å². The first-order valence-electron chi connectivity index (χ1n) is 7.47. The molecule has 2 atom stereocenters. The van der Waals surface area contributed by atoms with Crippen LogP contribution in [0.1, 0.15) is 27.2 Å². The van der Waals surface area contributed by atoms with Crippen LogP contribution in [0.2, 0.25) is 0 Å². The van der Waals surface area contributed by atoms with E-state index in [9.17, 15) is 0 Å². The zero-order chi connectivity index (χ0) is 15.0. The minimum atomic E-state index is -0.453. The highest BCUT2D eigenvalue weighted by molar-refractivity contribution is 5.78. The van der Waals surface area contributed by atoms with Crippen LogP contribution in [0.25, 0.3) is 11.0 Å². The zero-order valence-corrected chi connectivity index (χ0v) is 12.9. The Morgan fingerprint density at radius 3 is 2.90 bits per heavy atom. The summed E-state index contributed by atoms with van der Waals surface area (Å²) < 4.78 is 13.6. The van der Waals surface area contributed by atoms with Crippen LogP contribution < -0.4 is 5.73 Å². The third kappa shape index (κ3) is 3.04. The molecule has 1 aromatic carbocycles. The molecule has 0 aliphatic carbocycles. The van der Waals surface area contributed by atoms with Gasteiger partial charge in [0.15, 0.2) is 5.79 Å². The third-order valence-corrected chi connectivity index (χ3v) is 3.91. The molecule has 2 N–H and O–H groups in total. The predicted octanol–water partition coefficient (Wildman–Crippen LogP) is 2.80. The lowest BCUT2D eigenvalue weighted by molar-refractivity contribution is -0.140. The Kier molecular flexibility index (Phi) is 3.63. The standard InChI is InChI=1S/C16H23N3O2/c1-11(8-12-10-20-16(2,3)21-12)9-19-14-7-5-4-6-13(14)18-15(19)17/h4-7,11-12H,8-10H2,1-3H3,(H2,17,18). The first-order valence-corrected chi connectivity index (χ1v) is 7.47. The summed E-state index contributed by atoms with van der Waals surface area (Å²) in [7, 11) is 0. The minimum Gasteiger partial charge on any atom is -0.369 e. The van der Waals surface area contributed by atoms with Crippen LogP contribution >= 0.6 is 0 Å². The Bertz CT molecular complexity index is 635. The van der Waals surface area contributed by atoms with Gasteiger partial charge in [0.25, 0.3) is 0 Å². The van der Waals surface area contributed by atoms with Crippen molar-refractivity contribution in [1.29, 1.82) is 0 Å². The van der Waals surface area contributed by atoms with Gasteiger partial charge in [0.05, 0.1) is 23.7 Å². The molecule has 0 spiro atoms. The van der Waals surface area contributed by atoms with Gasteiger partial charge >= 0.3 is 0 Å². The fraction of sp³-hybridized carbons (Fsp3) is 0.562. The smallest absolute Gasteiger partial charge is 0.201 e. The molecule has 5 nitrogen and oxygen atoms in total. The number of hydrogen-bond donors (Lipinski definition) is 1. The molecular formula is C16H23N3O2. The van der Waals surface area contributed by atoms with E-state index in [-0.39, 0.29) is 6.10 Å². The number of anilines is 1. The van der Waals surface area contributed by atoms with Gasteiger partial charge in [0.1, 0.15) is 0 Å². The van der Waals surface area contributed by atoms with Crippen LogP contribution in [-0.4, -0.2) is 28.0 Å². The molecular weight excluding hydrogens is 266 g/mol. The highest BCUT2D eigenvalue weighted by atomic mass is 16.7. The van der Waals surface area contributed by atoms with Crippen LogP contribution in [0.4, 0.5) is 5.95 Å². The lowest BCUT2D eigenvalue weighted by Crippen LogP contribution is -2.23.